The summed E-state index contributed by atoms with van der Waals surface area (Å²) in [7, 11) is 2.96. The standard InChI is InChI=1S/C14H21N3O3/c1-10(2)7-8-15-12(18)6-5-11-9-16(3)14(20)17(4)13(11)19/h5-6,9-10H,7-8H2,1-4H3,(H,15,18)/b6-5+. The van der Waals surface area contributed by atoms with E-state index in [9.17, 15) is 14.4 Å². The highest BCUT2D eigenvalue weighted by atomic mass is 16.2. The summed E-state index contributed by atoms with van der Waals surface area (Å²) in [5.74, 6) is 0.275. The molecule has 6 heteroatoms. The number of rotatable bonds is 5. The Morgan fingerprint density at radius 2 is 2.00 bits per heavy atom. The largest absolute Gasteiger partial charge is 0.353 e. The fraction of sp³-hybridized carbons (Fsp3) is 0.500. The van der Waals surface area contributed by atoms with Crippen LogP contribution in [-0.4, -0.2) is 21.6 Å². The van der Waals surface area contributed by atoms with Crippen molar-refractivity contribution in [1.82, 2.24) is 14.5 Å². The summed E-state index contributed by atoms with van der Waals surface area (Å²) in [5, 5.41) is 2.74. The van der Waals surface area contributed by atoms with Crippen LogP contribution in [0.25, 0.3) is 6.08 Å². The Morgan fingerprint density at radius 1 is 1.35 bits per heavy atom. The first-order chi connectivity index (χ1) is 9.32. The van der Waals surface area contributed by atoms with Gasteiger partial charge < -0.3 is 9.88 Å². The predicted octanol–water partition coefficient (Wildman–Crippen LogP) is 0.260. The predicted molar refractivity (Wildman–Crippen MR) is 78.4 cm³/mol. The van der Waals surface area contributed by atoms with Gasteiger partial charge in [-0.05, 0) is 18.4 Å². The van der Waals surface area contributed by atoms with Crippen molar-refractivity contribution in [2.24, 2.45) is 20.0 Å². The van der Waals surface area contributed by atoms with Gasteiger partial charge in [-0.2, -0.15) is 0 Å². The Hall–Kier alpha value is -2.11. The van der Waals surface area contributed by atoms with E-state index in [2.05, 4.69) is 19.2 Å². The summed E-state index contributed by atoms with van der Waals surface area (Å²) < 4.78 is 2.31. The van der Waals surface area contributed by atoms with Crippen molar-refractivity contribution in [2.75, 3.05) is 6.54 Å². The van der Waals surface area contributed by atoms with Gasteiger partial charge in [0.15, 0.2) is 0 Å². The van der Waals surface area contributed by atoms with Gasteiger partial charge in [0.2, 0.25) is 5.91 Å². The van der Waals surface area contributed by atoms with Crippen LogP contribution in [0.2, 0.25) is 0 Å². The molecular weight excluding hydrogens is 258 g/mol. The third-order valence-electron chi connectivity index (χ3n) is 2.91. The number of hydrogen-bond donors (Lipinski definition) is 1. The number of aromatic nitrogens is 2. The Kier molecular flexibility index (Phi) is 5.49. The van der Waals surface area contributed by atoms with Gasteiger partial charge >= 0.3 is 5.69 Å². The lowest BCUT2D eigenvalue weighted by Gasteiger charge is -2.05. The molecule has 1 heterocycles. The number of nitrogens with zero attached hydrogens (tertiary/aromatic N) is 2. The van der Waals surface area contributed by atoms with Crippen molar-refractivity contribution in [3.05, 3.63) is 38.7 Å². The van der Waals surface area contributed by atoms with Crippen LogP contribution in [-0.2, 0) is 18.9 Å². The van der Waals surface area contributed by atoms with Gasteiger partial charge in [-0.1, -0.05) is 13.8 Å². The van der Waals surface area contributed by atoms with Gasteiger partial charge in [-0.3, -0.25) is 14.2 Å². The Labute approximate surface area is 117 Å². The molecule has 0 fully saturated rings. The van der Waals surface area contributed by atoms with Crippen LogP contribution in [0.15, 0.2) is 21.9 Å². The monoisotopic (exact) mass is 279 g/mol. The molecule has 0 saturated carbocycles. The summed E-state index contributed by atoms with van der Waals surface area (Å²) in [6.07, 6.45) is 5.05. The summed E-state index contributed by atoms with van der Waals surface area (Å²) >= 11 is 0. The minimum absolute atomic E-state index is 0.249. The van der Waals surface area contributed by atoms with E-state index < -0.39 is 11.2 Å². The molecule has 20 heavy (non-hydrogen) atoms. The van der Waals surface area contributed by atoms with Crippen molar-refractivity contribution in [3.8, 4) is 0 Å². The van der Waals surface area contributed by atoms with Crippen LogP contribution in [0, 0.1) is 5.92 Å². The second-order valence-corrected chi connectivity index (χ2v) is 5.15. The lowest BCUT2D eigenvalue weighted by molar-refractivity contribution is -0.116. The molecule has 0 bridgehead atoms. The number of nitrogens with one attached hydrogen (secondary N) is 1. The molecule has 0 aliphatic rings. The van der Waals surface area contributed by atoms with Crippen molar-refractivity contribution >= 4 is 12.0 Å². The number of hydrogen-bond acceptors (Lipinski definition) is 3. The summed E-state index contributed by atoms with van der Waals surface area (Å²) in [5.41, 5.74) is -0.513. The van der Waals surface area contributed by atoms with Crippen LogP contribution in [0.1, 0.15) is 25.8 Å². The smallest absolute Gasteiger partial charge is 0.330 e. The minimum Gasteiger partial charge on any atom is -0.353 e. The second-order valence-electron chi connectivity index (χ2n) is 5.15. The topological polar surface area (TPSA) is 73.1 Å². The van der Waals surface area contributed by atoms with Crippen LogP contribution in [0.4, 0.5) is 0 Å². The second kappa shape index (κ2) is 6.88. The lowest BCUT2D eigenvalue weighted by atomic mass is 10.1. The van der Waals surface area contributed by atoms with Gasteiger partial charge in [-0.25, -0.2) is 4.79 Å². The fourth-order valence-corrected chi connectivity index (χ4v) is 1.66. The number of carbonyl (C=O) groups is 1. The highest BCUT2D eigenvalue weighted by molar-refractivity contribution is 5.91. The quantitative estimate of drug-likeness (QED) is 0.786. The molecule has 6 nitrogen and oxygen atoms in total. The maximum atomic E-state index is 11.8. The average Bonchev–Trinajstić information content (AvgIpc) is 2.38. The van der Waals surface area contributed by atoms with E-state index in [1.54, 1.807) is 7.05 Å². The minimum atomic E-state index is -0.417. The molecule has 0 atom stereocenters. The van der Waals surface area contributed by atoms with Crippen molar-refractivity contribution < 1.29 is 4.79 Å². The van der Waals surface area contributed by atoms with E-state index in [-0.39, 0.29) is 5.91 Å². The maximum absolute atomic E-state index is 11.8. The van der Waals surface area contributed by atoms with Gasteiger partial charge in [0, 0.05) is 32.9 Å². The molecule has 1 rings (SSSR count). The van der Waals surface area contributed by atoms with Crippen molar-refractivity contribution in [1.29, 1.82) is 0 Å². The normalized spacial score (nSPS) is 11.2. The molecular formula is C14H21N3O3. The van der Waals surface area contributed by atoms with Crippen molar-refractivity contribution in [2.45, 2.75) is 20.3 Å². The molecule has 0 aromatic carbocycles. The summed E-state index contributed by atoms with van der Waals surface area (Å²) in [6.45, 7) is 4.76. The van der Waals surface area contributed by atoms with E-state index in [0.717, 1.165) is 11.0 Å². The van der Waals surface area contributed by atoms with E-state index in [1.807, 2.05) is 0 Å². The van der Waals surface area contributed by atoms with E-state index in [1.165, 1.54) is 30.0 Å². The fourth-order valence-electron chi connectivity index (χ4n) is 1.66. The van der Waals surface area contributed by atoms with Gasteiger partial charge in [0.05, 0.1) is 5.56 Å². The molecule has 0 radical (unpaired) electrons. The van der Waals surface area contributed by atoms with Crippen LogP contribution < -0.4 is 16.6 Å². The van der Waals surface area contributed by atoms with Crippen LogP contribution in [0.3, 0.4) is 0 Å². The lowest BCUT2D eigenvalue weighted by Crippen LogP contribution is -2.37. The Balaban J connectivity index is 2.79. The summed E-state index contributed by atoms with van der Waals surface area (Å²) in [6, 6.07) is 0. The van der Waals surface area contributed by atoms with E-state index in [4.69, 9.17) is 0 Å². The maximum Gasteiger partial charge on any atom is 0.330 e. The van der Waals surface area contributed by atoms with Gasteiger partial charge in [-0.15, -0.1) is 0 Å². The van der Waals surface area contributed by atoms with E-state index in [0.29, 0.717) is 18.0 Å². The zero-order chi connectivity index (χ0) is 15.3. The third kappa shape index (κ3) is 4.22. The Morgan fingerprint density at radius 3 is 2.60 bits per heavy atom. The summed E-state index contributed by atoms with van der Waals surface area (Å²) in [4.78, 5) is 34.9. The van der Waals surface area contributed by atoms with Gasteiger partial charge in [0.1, 0.15) is 0 Å². The molecule has 110 valence electrons. The molecule has 1 N–H and O–H groups in total. The number of amides is 1. The first kappa shape index (κ1) is 15.9. The van der Waals surface area contributed by atoms with Gasteiger partial charge in [0.25, 0.3) is 5.56 Å². The molecule has 1 aromatic rings. The number of carbonyl (C=O) groups excluding carboxylic acids is 1. The SMILES string of the molecule is CC(C)CCNC(=O)/C=C/c1cn(C)c(=O)n(C)c1=O. The molecule has 1 aromatic heterocycles. The zero-order valence-corrected chi connectivity index (χ0v) is 12.3. The first-order valence-electron chi connectivity index (χ1n) is 6.55. The van der Waals surface area contributed by atoms with E-state index >= 15 is 0 Å². The molecule has 0 saturated heterocycles. The molecule has 0 spiro atoms. The molecule has 1 amide bonds. The van der Waals surface area contributed by atoms with Crippen LogP contribution in [0.5, 0.6) is 0 Å². The molecule has 0 unspecified atom stereocenters. The molecule has 0 aliphatic heterocycles. The highest BCUT2D eigenvalue weighted by Gasteiger charge is 2.04. The zero-order valence-electron chi connectivity index (χ0n) is 12.3. The van der Waals surface area contributed by atoms with Crippen LogP contribution >= 0.6 is 0 Å². The number of aryl methyl sites for hydroxylation is 1. The highest BCUT2D eigenvalue weighted by Crippen LogP contribution is 1.96. The van der Waals surface area contributed by atoms with Crippen molar-refractivity contribution in [3.63, 3.8) is 0 Å². The average molecular weight is 279 g/mol. The molecule has 0 aliphatic carbocycles. The third-order valence-corrected chi connectivity index (χ3v) is 2.91. The Bertz CT molecular complexity index is 624. The first-order valence-corrected chi connectivity index (χ1v) is 6.55.